The summed E-state index contributed by atoms with van der Waals surface area (Å²) in [4.78, 5) is 0. The van der Waals surface area contributed by atoms with E-state index in [2.05, 4.69) is 0 Å². The maximum atomic E-state index is 12.2. The minimum absolute atomic E-state index is 0.437. The molecule has 0 radical (unpaired) electrons. The van der Waals surface area contributed by atoms with Crippen LogP contribution in [0.25, 0.3) is 0 Å². The quantitative estimate of drug-likeness (QED) is 0.642. The summed E-state index contributed by atoms with van der Waals surface area (Å²) in [6, 6.07) is 5.35. The van der Waals surface area contributed by atoms with Crippen molar-refractivity contribution in [1.82, 2.24) is 0 Å². The van der Waals surface area contributed by atoms with Gasteiger partial charge in [0.2, 0.25) is 0 Å². The lowest BCUT2D eigenvalue weighted by Gasteiger charge is -2.00. The van der Waals surface area contributed by atoms with Crippen LogP contribution in [0.3, 0.4) is 0 Å². The van der Waals surface area contributed by atoms with Crippen molar-refractivity contribution in [1.29, 1.82) is 0 Å². The second-order valence-electron chi connectivity index (χ2n) is 2.45. The van der Waals surface area contributed by atoms with Crippen LogP contribution in [-0.4, -0.2) is 0 Å². The SMILES string of the molecule is CCc1cc(Cl)cc(CF)c1. The first-order chi connectivity index (χ1) is 5.26. The van der Waals surface area contributed by atoms with Gasteiger partial charge in [0, 0.05) is 5.02 Å². The molecule has 1 aromatic carbocycles. The molecule has 0 atom stereocenters. The molecule has 0 aliphatic carbocycles. The predicted molar refractivity (Wildman–Crippen MR) is 45.6 cm³/mol. The van der Waals surface area contributed by atoms with E-state index in [0.29, 0.717) is 10.6 Å². The van der Waals surface area contributed by atoms with E-state index in [1.807, 2.05) is 19.1 Å². The van der Waals surface area contributed by atoms with Crippen molar-refractivity contribution >= 4 is 11.6 Å². The number of halogens is 2. The Morgan fingerprint density at radius 2 is 1.91 bits per heavy atom. The van der Waals surface area contributed by atoms with Gasteiger partial charge in [0.1, 0.15) is 6.67 Å². The number of alkyl halides is 1. The lowest BCUT2D eigenvalue weighted by molar-refractivity contribution is 0.485. The fourth-order valence-electron chi connectivity index (χ4n) is 0.999. The minimum Gasteiger partial charge on any atom is -0.246 e. The Morgan fingerprint density at radius 1 is 1.27 bits per heavy atom. The van der Waals surface area contributed by atoms with E-state index < -0.39 is 6.67 Å². The number of benzene rings is 1. The lowest BCUT2D eigenvalue weighted by Crippen LogP contribution is -1.84. The van der Waals surface area contributed by atoms with E-state index in [1.54, 1.807) is 6.07 Å². The van der Waals surface area contributed by atoms with Crippen LogP contribution >= 0.6 is 11.6 Å². The van der Waals surface area contributed by atoms with Crippen LogP contribution in [0.4, 0.5) is 4.39 Å². The van der Waals surface area contributed by atoms with Crippen LogP contribution in [0.1, 0.15) is 18.1 Å². The van der Waals surface area contributed by atoms with Gasteiger partial charge in [0.05, 0.1) is 0 Å². The van der Waals surface area contributed by atoms with Gasteiger partial charge in [0.15, 0.2) is 0 Å². The van der Waals surface area contributed by atoms with Gasteiger partial charge < -0.3 is 0 Å². The monoisotopic (exact) mass is 172 g/mol. The molecule has 0 fully saturated rings. The Bertz CT molecular complexity index is 223. The molecule has 0 nitrogen and oxygen atoms in total. The molecule has 60 valence electrons. The summed E-state index contributed by atoms with van der Waals surface area (Å²) < 4.78 is 12.2. The molecule has 1 rings (SSSR count). The summed E-state index contributed by atoms with van der Waals surface area (Å²) in [5.74, 6) is 0. The summed E-state index contributed by atoms with van der Waals surface area (Å²) in [5, 5.41) is 0.622. The summed E-state index contributed by atoms with van der Waals surface area (Å²) in [7, 11) is 0. The van der Waals surface area contributed by atoms with Crippen molar-refractivity contribution in [3.63, 3.8) is 0 Å². The van der Waals surface area contributed by atoms with Gasteiger partial charge in [0.25, 0.3) is 0 Å². The first kappa shape index (κ1) is 8.54. The second kappa shape index (κ2) is 3.72. The van der Waals surface area contributed by atoms with Gasteiger partial charge >= 0.3 is 0 Å². The zero-order valence-corrected chi connectivity index (χ0v) is 7.16. The van der Waals surface area contributed by atoms with E-state index in [-0.39, 0.29) is 0 Å². The van der Waals surface area contributed by atoms with Crippen LogP contribution < -0.4 is 0 Å². The third kappa shape index (κ3) is 2.19. The molecule has 1 aromatic rings. The van der Waals surface area contributed by atoms with Gasteiger partial charge in [-0.1, -0.05) is 24.6 Å². The maximum absolute atomic E-state index is 12.2. The van der Waals surface area contributed by atoms with Crippen molar-refractivity contribution in [2.45, 2.75) is 20.0 Å². The van der Waals surface area contributed by atoms with Gasteiger partial charge in [-0.3, -0.25) is 0 Å². The Hall–Kier alpha value is -0.560. The van der Waals surface area contributed by atoms with Crippen molar-refractivity contribution in [3.8, 4) is 0 Å². The molecule has 0 spiro atoms. The van der Waals surface area contributed by atoms with E-state index >= 15 is 0 Å². The first-order valence-corrected chi connectivity index (χ1v) is 3.98. The van der Waals surface area contributed by atoms with Crippen molar-refractivity contribution in [3.05, 3.63) is 34.3 Å². The molecule has 0 aliphatic heterocycles. The zero-order valence-electron chi connectivity index (χ0n) is 6.40. The summed E-state index contributed by atoms with van der Waals surface area (Å²) in [6.07, 6.45) is 0.896. The third-order valence-corrected chi connectivity index (χ3v) is 1.80. The van der Waals surface area contributed by atoms with Crippen molar-refractivity contribution in [2.75, 3.05) is 0 Å². The average molecular weight is 173 g/mol. The predicted octanol–water partition coefficient (Wildman–Crippen LogP) is 3.37. The zero-order chi connectivity index (χ0) is 8.27. The highest BCUT2D eigenvalue weighted by Crippen LogP contribution is 2.16. The van der Waals surface area contributed by atoms with Gasteiger partial charge in [-0.15, -0.1) is 0 Å². The molecular formula is C9H10ClF. The van der Waals surface area contributed by atoms with Crippen molar-refractivity contribution < 1.29 is 4.39 Å². The van der Waals surface area contributed by atoms with Crippen LogP contribution in [0.5, 0.6) is 0 Å². The average Bonchev–Trinajstić information content (AvgIpc) is 2.03. The molecule has 0 saturated carbocycles. The molecule has 11 heavy (non-hydrogen) atoms. The largest absolute Gasteiger partial charge is 0.246 e. The van der Waals surface area contributed by atoms with Crippen LogP contribution in [0.15, 0.2) is 18.2 Å². The smallest absolute Gasteiger partial charge is 0.115 e. The number of hydrogen-bond donors (Lipinski definition) is 0. The minimum atomic E-state index is -0.437. The molecular weight excluding hydrogens is 163 g/mol. The fraction of sp³-hybridized carbons (Fsp3) is 0.333. The number of rotatable bonds is 2. The van der Waals surface area contributed by atoms with E-state index in [4.69, 9.17) is 11.6 Å². The highest BCUT2D eigenvalue weighted by Gasteiger charge is 1.96. The van der Waals surface area contributed by atoms with Crippen molar-refractivity contribution in [2.24, 2.45) is 0 Å². The molecule has 0 saturated heterocycles. The Kier molecular flexibility index (Phi) is 2.89. The van der Waals surface area contributed by atoms with Gasteiger partial charge in [-0.05, 0) is 29.7 Å². The summed E-state index contributed by atoms with van der Waals surface area (Å²) in [6.45, 7) is 1.58. The van der Waals surface area contributed by atoms with E-state index in [9.17, 15) is 4.39 Å². The summed E-state index contributed by atoms with van der Waals surface area (Å²) in [5.41, 5.74) is 1.75. The molecule has 0 aliphatic rings. The fourth-order valence-corrected chi connectivity index (χ4v) is 1.28. The second-order valence-corrected chi connectivity index (χ2v) is 2.89. The van der Waals surface area contributed by atoms with Crippen LogP contribution in [0.2, 0.25) is 5.02 Å². The Labute approximate surface area is 71.0 Å². The molecule has 0 aromatic heterocycles. The molecule has 2 heteroatoms. The Morgan fingerprint density at radius 3 is 2.45 bits per heavy atom. The summed E-state index contributed by atoms with van der Waals surface area (Å²) >= 11 is 5.74. The molecule has 0 heterocycles. The Balaban J connectivity index is 3.02. The third-order valence-electron chi connectivity index (χ3n) is 1.58. The molecule has 0 amide bonds. The molecule has 0 bridgehead atoms. The highest BCUT2D eigenvalue weighted by atomic mass is 35.5. The normalized spacial score (nSPS) is 10.1. The van der Waals surface area contributed by atoms with Crippen LogP contribution in [-0.2, 0) is 13.1 Å². The molecule has 0 unspecified atom stereocenters. The molecule has 0 N–H and O–H groups in total. The first-order valence-electron chi connectivity index (χ1n) is 3.60. The number of hydrogen-bond acceptors (Lipinski definition) is 0. The number of aryl methyl sites for hydroxylation is 1. The standard InChI is InChI=1S/C9H10ClF/c1-2-7-3-8(6-11)5-9(10)4-7/h3-5H,2,6H2,1H3. The highest BCUT2D eigenvalue weighted by molar-refractivity contribution is 6.30. The van der Waals surface area contributed by atoms with E-state index in [0.717, 1.165) is 12.0 Å². The van der Waals surface area contributed by atoms with Gasteiger partial charge in [-0.25, -0.2) is 4.39 Å². The lowest BCUT2D eigenvalue weighted by atomic mass is 10.1. The van der Waals surface area contributed by atoms with E-state index in [1.165, 1.54) is 0 Å². The van der Waals surface area contributed by atoms with Crippen LogP contribution in [0, 0.1) is 0 Å². The maximum Gasteiger partial charge on any atom is 0.115 e. The van der Waals surface area contributed by atoms with Gasteiger partial charge in [-0.2, -0.15) is 0 Å². The topological polar surface area (TPSA) is 0 Å².